The van der Waals surface area contributed by atoms with Crippen molar-refractivity contribution in [2.45, 2.75) is 13.1 Å². The molecule has 0 spiro atoms. The maximum atomic E-state index is 13.0. The van der Waals surface area contributed by atoms with Crippen molar-refractivity contribution in [2.24, 2.45) is 0 Å². The zero-order valence-electron chi connectivity index (χ0n) is 14.0. The molecule has 0 saturated heterocycles. The van der Waals surface area contributed by atoms with Gasteiger partial charge >= 0.3 is 0 Å². The maximum absolute atomic E-state index is 13.0. The van der Waals surface area contributed by atoms with Crippen molar-refractivity contribution in [3.63, 3.8) is 0 Å². The van der Waals surface area contributed by atoms with E-state index >= 15 is 0 Å². The van der Waals surface area contributed by atoms with E-state index in [2.05, 4.69) is 33.2 Å². The van der Waals surface area contributed by atoms with Crippen LogP contribution in [0.4, 0.5) is 5.69 Å². The molecule has 26 heavy (non-hydrogen) atoms. The van der Waals surface area contributed by atoms with Crippen LogP contribution in [0.5, 0.6) is 0 Å². The number of Topliss-reactive ketones (excluding diaryl/α,β-unsaturated/α-hetero) is 1. The summed E-state index contributed by atoms with van der Waals surface area (Å²) >= 11 is 3.55. The van der Waals surface area contributed by atoms with Crippen LogP contribution in [0.15, 0.2) is 66.0 Å². The molecule has 6 heteroatoms. The fourth-order valence-electron chi connectivity index (χ4n) is 2.41. The number of aryl methyl sites for hydroxylation is 1. The molecule has 1 atom stereocenters. The number of benzene rings is 2. The van der Waals surface area contributed by atoms with Gasteiger partial charge in [-0.2, -0.15) is 0 Å². The first-order valence-corrected chi connectivity index (χ1v) is 9.96. The van der Waals surface area contributed by atoms with E-state index in [1.165, 1.54) is 11.3 Å². The molecule has 1 unspecified atom stereocenters. The molecule has 0 bridgehead atoms. The predicted octanol–water partition coefficient (Wildman–Crippen LogP) is 4.71. The quantitative estimate of drug-likeness (QED) is 0.308. The van der Waals surface area contributed by atoms with Crippen molar-refractivity contribution in [2.75, 3.05) is 5.32 Å². The number of nitrogens with one attached hydrogen (secondary N) is 2. The second-order valence-electron chi connectivity index (χ2n) is 5.77. The summed E-state index contributed by atoms with van der Waals surface area (Å²) in [6.07, 6.45) is -0.856. The van der Waals surface area contributed by atoms with E-state index < -0.39 is 6.17 Å². The van der Waals surface area contributed by atoms with E-state index in [0.717, 1.165) is 14.8 Å². The molecule has 3 aromatic rings. The maximum Gasteiger partial charge on any atom is 0.263 e. The zero-order valence-corrected chi connectivity index (χ0v) is 17.0. The van der Waals surface area contributed by atoms with E-state index in [0.29, 0.717) is 10.4 Å². The van der Waals surface area contributed by atoms with Crippen LogP contribution in [-0.2, 0) is 0 Å². The van der Waals surface area contributed by atoms with Crippen LogP contribution in [0.3, 0.4) is 0 Å². The van der Waals surface area contributed by atoms with E-state index in [9.17, 15) is 9.59 Å². The van der Waals surface area contributed by atoms with Crippen LogP contribution in [-0.4, -0.2) is 17.9 Å². The number of halogens is 1. The highest BCUT2D eigenvalue weighted by molar-refractivity contribution is 14.1. The lowest BCUT2D eigenvalue weighted by Crippen LogP contribution is -2.46. The Kier molecular flexibility index (Phi) is 6.05. The first-order chi connectivity index (χ1) is 12.5. The molecule has 2 N–H and O–H groups in total. The molecule has 3 rings (SSSR count). The third kappa shape index (κ3) is 4.70. The minimum Gasteiger partial charge on any atom is -0.359 e. The number of amides is 1. The van der Waals surface area contributed by atoms with E-state index in [1.807, 2.05) is 54.8 Å². The van der Waals surface area contributed by atoms with Crippen LogP contribution in [0.1, 0.15) is 25.6 Å². The second kappa shape index (κ2) is 8.46. The van der Waals surface area contributed by atoms with Crippen molar-refractivity contribution >= 4 is 51.3 Å². The highest BCUT2D eigenvalue weighted by Crippen LogP contribution is 2.16. The number of carbonyl (C=O) groups excluding carboxylic acids is 2. The Hall–Kier alpha value is -2.19. The van der Waals surface area contributed by atoms with Gasteiger partial charge in [-0.25, -0.2) is 0 Å². The molecule has 1 aromatic heterocycles. The van der Waals surface area contributed by atoms with Gasteiger partial charge in [0.05, 0.1) is 4.88 Å². The lowest BCUT2D eigenvalue weighted by molar-refractivity contribution is 0.0872. The molecule has 0 saturated carbocycles. The number of ketones is 1. The highest BCUT2D eigenvalue weighted by Gasteiger charge is 2.23. The van der Waals surface area contributed by atoms with E-state index in [1.54, 1.807) is 18.2 Å². The summed E-state index contributed by atoms with van der Waals surface area (Å²) < 4.78 is 1.04. The molecule has 0 radical (unpaired) electrons. The third-order valence-corrected chi connectivity index (χ3v) is 5.29. The standard InChI is InChI=1S/C20H17IN2O2S/c1-13-7-9-14(10-8-13)18(24)19(22-16-5-2-4-15(21)12-16)23-20(25)17-6-3-11-26-17/h2-12,19,22H,1H3,(H,23,25). The molecule has 1 heterocycles. The minimum atomic E-state index is -0.856. The fourth-order valence-corrected chi connectivity index (χ4v) is 3.58. The third-order valence-electron chi connectivity index (χ3n) is 3.75. The second-order valence-corrected chi connectivity index (χ2v) is 7.96. The summed E-state index contributed by atoms with van der Waals surface area (Å²) in [6, 6.07) is 18.5. The summed E-state index contributed by atoms with van der Waals surface area (Å²) in [7, 11) is 0. The highest BCUT2D eigenvalue weighted by atomic mass is 127. The first-order valence-electron chi connectivity index (χ1n) is 8.00. The van der Waals surface area contributed by atoms with Crippen LogP contribution in [0.25, 0.3) is 0 Å². The Balaban J connectivity index is 1.86. The number of hydrogen-bond acceptors (Lipinski definition) is 4. The Morgan fingerprint density at radius 1 is 1.04 bits per heavy atom. The number of hydrogen-bond donors (Lipinski definition) is 2. The van der Waals surface area contributed by atoms with Gasteiger partial charge in [-0.05, 0) is 59.2 Å². The van der Waals surface area contributed by atoms with E-state index in [-0.39, 0.29) is 11.7 Å². The molecule has 4 nitrogen and oxygen atoms in total. The van der Waals surface area contributed by atoms with Gasteiger partial charge < -0.3 is 10.6 Å². The number of carbonyl (C=O) groups is 2. The van der Waals surface area contributed by atoms with Gasteiger partial charge in [0.15, 0.2) is 6.17 Å². The summed E-state index contributed by atoms with van der Waals surface area (Å²) in [5.41, 5.74) is 2.39. The van der Waals surface area contributed by atoms with Gasteiger partial charge in [0.2, 0.25) is 5.78 Å². The minimum absolute atomic E-state index is 0.186. The van der Waals surface area contributed by atoms with Gasteiger partial charge in [-0.3, -0.25) is 9.59 Å². The molecular formula is C20H17IN2O2S. The summed E-state index contributed by atoms with van der Waals surface area (Å²) in [6.45, 7) is 1.97. The topological polar surface area (TPSA) is 58.2 Å². The summed E-state index contributed by atoms with van der Waals surface area (Å²) in [5, 5.41) is 7.78. The summed E-state index contributed by atoms with van der Waals surface area (Å²) in [5.74, 6) is -0.461. The molecule has 132 valence electrons. The average Bonchev–Trinajstić information content (AvgIpc) is 3.16. The van der Waals surface area contributed by atoms with E-state index in [4.69, 9.17) is 0 Å². The van der Waals surface area contributed by atoms with Crippen molar-refractivity contribution in [3.05, 3.63) is 85.6 Å². The van der Waals surface area contributed by atoms with Gasteiger partial charge in [0, 0.05) is 14.8 Å². The van der Waals surface area contributed by atoms with Crippen molar-refractivity contribution in [3.8, 4) is 0 Å². The lowest BCUT2D eigenvalue weighted by atomic mass is 10.1. The average molecular weight is 476 g/mol. The monoisotopic (exact) mass is 476 g/mol. The van der Waals surface area contributed by atoms with Crippen LogP contribution < -0.4 is 10.6 Å². The smallest absolute Gasteiger partial charge is 0.263 e. The predicted molar refractivity (Wildman–Crippen MR) is 114 cm³/mol. The van der Waals surface area contributed by atoms with Crippen molar-refractivity contribution in [1.29, 1.82) is 0 Å². The van der Waals surface area contributed by atoms with Crippen LogP contribution in [0.2, 0.25) is 0 Å². The largest absolute Gasteiger partial charge is 0.359 e. The van der Waals surface area contributed by atoms with Crippen LogP contribution >= 0.6 is 33.9 Å². The Morgan fingerprint density at radius 2 is 1.81 bits per heavy atom. The molecule has 0 aliphatic carbocycles. The van der Waals surface area contributed by atoms with Gasteiger partial charge in [-0.1, -0.05) is 42.0 Å². The van der Waals surface area contributed by atoms with Gasteiger partial charge in [0.25, 0.3) is 5.91 Å². The summed E-state index contributed by atoms with van der Waals surface area (Å²) in [4.78, 5) is 26.0. The first kappa shape index (κ1) is 18.6. The normalized spacial score (nSPS) is 11.6. The van der Waals surface area contributed by atoms with Gasteiger partial charge in [-0.15, -0.1) is 11.3 Å². The molecule has 2 aromatic carbocycles. The molecule has 0 aliphatic heterocycles. The Bertz CT molecular complexity index is 908. The molecular weight excluding hydrogens is 459 g/mol. The zero-order chi connectivity index (χ0) is 18.5. The SMILES string of the molecule is Cc1ccc(C(=O)C(NC(=O)c2cccs2)Nc2cccc(I)c2)cc1. The van der Waals surface area contributed by atoms with Gasteiger partial charge in [0.1, 0.15) is 0 Å². The molecule has 0 fully saturated rings. The fraction of sp³-hybridized carbons (Fsp3) is 0.100. The Labute approximate surface area is 169 Å². The number of thiophene rings is 1. The number of anilines is 1. The van der Waals surface area contributed by atoms with Crippen molar-refractivity contribution < 1.29 is 9.59 Å². The van der Waals surface area contributed by atoms with Crippen molar-refractivity contribution in [1.82, 2.24) is 5.32 Å². The van der Waals surface area contributed by atoms with Crippen LogP contribution in [0, 0.1) is 10.5 Å². The Morgan fingerprint density at radius 3 is 2.46 bits per heavy atom. The lowest BCUT2D eigenvalue weighted by Gasteiger charge is -2.20. The number of rotatable bonds is 6. The molecule has 0 aliphatic rings. The molecule has 1 amide bonds.